The fourth-order valence-corrected chi connectivity index (χ4v) is 5.50. The second kappa shape index (κ2) is 11.3. The molecule has 1 unspecified atom stereocenters. The van der Waals surface area contributed by atoms with E-state index in [9.17, 15) is 19.5 Å². The number of carbonyl (C=O) groups is 3. The largest absolute Gasteiger partial charge is 0.497 e. The standard InChI is InChI=1S/C29H37N3O5/c1-20(2)19-32-27(35)29(30-28(32)36)13-15-31(16-14-29)25(12-9-21-7-10-24(37-3)11-8-21)23-6-4-5-22(17-23)18-26(33)34/h4-8,10-11,17,20,25H,9,12-16,18-19H2,1-3H3,(H,30,36)(H,33,34). The summed E-state index contributed by atoms with van der Waals surface area (Å²) >= 11 is 0. The number of carboxylic acids is 1. The zero-order valence-electron chi connectivity index (χ0n) is 21.9. The normalized spacial score (nSPS) is 18.3. The number of carboxylic acid groups (broad SMARTS) is 1. The molecule has 0 aliphatic carbocycles. The number of methoxy groups -OCH3 is 1. The van der Waals surface area contributed by atoms with E-state index in [0.717, 1.165) is 29.7 Å². The lowest BCUT2D eigenvalue weighted by Crippen LogP contribution is -2.55. The van der Waals surface area contributed by atoms with Crippen LogP contribution in [-0.4, -0.2) is 65.1 Å². The Labute approximate surface area is 218 Å². The molecule has 0 aromatic heterocycles. The molecule has 0 saturated carbocycles. The smallest absolute Gasteiger partial charge is 0.325 e. The van der Waals surface area contributed by atoms with Gasteiger partial charge in [-0.1, -0.05) is 50.2 Å². The number of likely N-dealkylation sites (tertiary alicyclic amines) is 1. The molecule has 0 bridgehead atoms. The van der Waals surface area contributed by atoms with Crippen LogP contribution < -0.4 is 10.1 Å². The monoisotopic (exact) mass is 507 g/mol. The van der Waals surface area contributed by atoms with E-state index in [2.05, 4.69) is 28.4 Å². The highest BCUT2D eigenvalue weighted by atomic mass is 16.5. The maximum Gasteiger partial charge on any atom is 0.325 e. The third-order valence-electron chi connectivity index (χ3n) is 7.44. The van der Waals surface area contributed by atoms with Crippen LogP contribution in [0.4, 0.5) is 4.79 Å². The molecule has 1 atom stereocenters. The predicted molar refractivity (Wildman–Crippen MR) is 140 cm³/mol. The Kier molecular flexibility index (Phi) is 8.17. The molecule has 0 radical (unpaired) electrons. The first-order valence-electron chi connectivity index (χ1n) is 13.0. The molecule has 4 rings (SSSR count). The lowest BCUT2D eigenvalue weighted by molar-refractivity contribution is -0.136. The number of imide groups is 1. The minimum atomic E-state index is -0.853. The van der Waals surface area contributed by atoms with E-state index in [-0.39, 0.29) is 30.3 Å². The number of urea groups is 1. The van der Waals surface area contributed by atoms with Crippen molar-refractivity contribution in [2.45, 2.75) is 57.5 Å². The zero-order chi connectivity index (χ0) is 26.6. The van der Waals surface area contributed by atoms with Gasteiger partial charge in [0, 0.05) is 25.7 Å². The van der Waals surface area contributed by atoms with Gasteiger partial charge in [-0.05, 0) is 60.4 Å². The van der Waals surface area contributed by atoms with Crippen molar-refractivity contribution >= 4 is 17.9 Å². The third kappa shape index (κ3) is 6.13. The molecule has 2 aliphatic heterocycles. The van der Waals surface area contributed by atoms with Gasteiger partial charge in [0.05, 0.1) is 13.5 Å². The molecule has 2 aromatic rings. The summed E-state index contributed by atoms with van der Waals surface area (Å²) in [6.07, 6.45) is 2.78. The Morgan fingerprint density at radius 1 is 1.08 bits per heavy atom. The first kappa shape index (κ1) is 26.7. The molecule has 1 spiro atoms. The minimum Gasteiger partial charge on any atom is -0.497 e. The Bertz CT molecular complexity index is 1120. The topological polar surface area (TPSA) is 99.2 Å². The van der Waals surface area contributed by atoms with Gasteiger partial charge in [-0.25, -0.2) is 4.79 Å². The number of hydrogen-bond donors (Lipinski definition) is 2. The molecule has 2 saturated heterocycles. The van der Waals surface area contributed by atoms with Crippen LogP contribution in [0.5, 0.6) is 5.75 Å². The van der Waals surface area contributed by atoms with Crippen molar-refractivity contribution in [1.29, 1.82) is 0 Å². The van der Waals surface area contributed by atoms with Crippen LogP contribution in [0.2, 0.25) is 0 Å². The molecule has 198 valence electrons. The SMILES string of the molecule is COc1ccc(CCC(c2cccc(CC(=O)O)c2)N2CCC3(CC2)NC(=O)N(CC(C)C)C3=O)cc1. The number of benzene rings is 2. The van der Waals surface area contributed by atoms with Gasteiger partial charge >= 0.3 is 12.0 Å². The second-order valence-electron chi connectivity index (χ2n) is 10.6. The fraction of sp³-hybridized carbons (Fsp3) is 0.483. The molecule has 2 N–H and O–H groups in total. The van der Waals surface area contributed by atoms with Crippen LogP contribution >= 0.6 is 0 Å². The Balaban J connectivity index is 1.52. The van der Waals surface area contributed by atoms with Crippen molar-refractivity contribution in [3.63, 3.8) is 0 Å². The molecule has 37 heavy (non-hydrogen) atoms. The maximum absolute atomic E-state index is 13.2. The molecule has 3 amide bonds. The summed E-state index contributed by atoms with van der Waals surface area (Å²) in [5.41, 5.74) is 2.22. The number of rotatable bonds is 10. The molecule has 2 aromatic carbocycles. The number of ether oxygens (including phenoxy) is 1. The van der Waals surface area contributed by atoms with Gasteiger partial charge in [-0.2, -0.15) is 0 Å². The maximum atomic E-state index is 13.2. The molecular weight excluding hydrogens is 470 g/mol. The zero-order valence-corrected chi connectivity index (χ0v) is 21.9. The van der Waals surface area contributed by atoms with Gasteiger partial charge in [0.25, 0.3) is 5.91 Å². The van der Waals surface area contributed by atoms with Gasteiger partial charge in [0.15, 0.2) is 0 Å². The molecule has 2 fully saturated rings. The summed E-state index contributed by atoms with van der Waals surface area (Å²) in [5, 5.41) is 12.3. The molecule has 2 heterocycles. The van der Waals surface area contributed by atoms with Gasteiger partial charge in [-0.3, -0.25) is 19.4 Å². The predicted octanol–water partition coefficient (Wildman–Crippen LogP) is 4.04. The highest BCUT2D eigenvalue weighted by molar-refractivity contribution is 6.07. The van der Waals surface area contributed by atoms with Crippen LogP contribution in [0.3, 0.4) is 0 Å². The lowest BCUT2D eigenvalue weighted by Gasteiger charge is -2.41. The van der Waals surface area contributed by atoms with E-state index in [1.807, 2.05) is 44.2 Å². The summed E-state index contributed by atoms with van der Waals surface area (Å²) in [7, 11) is 1.65. The van der Waals surface area contributed by atoms with Crippen molar-refractivity contribution in [1.82, 2.24) is 15.1 Å². The first-order valence-corrected chi connectivity index (χ1v) is 13.0. The fourth-order valence-electron chi connectivity index (χ4n) is 5.50. The number of aliphatic carboxylic acids is 1. The average Bonchev–Trinajstić information content (AvgIpc) is 3.09. The highest BCUT2D eigenvalue weighted by Gasteiger charge is 2.52. The van der Waals surface area contributed by atoms with Crippen LogP contribution in [0.1, 0.15) is 55.8 Å². The minimum absolute atomic E-state index is 0.0195. The van der Waals surface area contributed by atoms with E-state index in [0.29, 0.717) is 32.5 Å². The van der Waals surface area contributed by atoms with Gasteiger partial charge < -0.3 is 15.2 Å². The number of amides is 3. The number of hydrogen-bond acceptors (Lipinski definition) is 5. The van der Waals surface area contributed by atoms with Crippen molar-refractivity contribution in [3.05, 3.63) is 65.2 Å². The first-order chi connectivity index (χ1) is 17.7. The van der Waals surface area contributed by atoms with Gasteiger partial charge in [-0.15, -0.1) is 0 Å². The van der Waals surface area contributed by atoms with Crippen LogP contribution in [-0.2, 0) is 22.4 Å². The van der Waals surface area contributed by atoms with Crippen LogP contribution in [0.25, 0.3) is 0 Å². The van der Waals surface area contributed by atoms with Crippen molar-refractivity contribution < 1.29 is 24.2 Å². The Hall–Kier alpha value is -3.39. The number of nitrogens with one attached hydrogen (secondary N) is 1. The van der Waals surface area contributed by atoms with Crippen molar-refractivity contribution in [2.75, 3.05) is 26.7 Å². The summed E-state index contributed by atoms with van der Waals surface area (Å²) in [4.78, 5) is 40.9. The Morgan fingerprint density at radius 2 is 1.78 bits per heavy atom. The summed E-state index contributed by atoms with van der Waals surface area (Å²) in [6.45, 7) is 5.76. The van der Waals surface area contributed by atoms with Crippen molar-refractivity contribution in [2.24, 2.45) is 5.92 Å². The molecule has 8 heteroatoms. The summed E-state index contributed by atoms with van der Waals surface area (Å²) in [5.74, 6) is 0.0699. The molecule has 8 nitrogen and oxygen atoms in total. The van der Waals surface area contributed by atoms with E-state index >= 15 is 0 Å². The van der Waals surface area contributed by atoms with Crippen LogP contribution in [0, 0.1) is 5.92 Å². The van der Waals surface area contributed by atoms with Gasteiger partial charge in [0.2, 0.25) is 0 Å². The number of aryl methyl sites for hydroxylation is 1. The lowest BCUT2D eigenvalue weighted by atomic mass is 9.85. The molecule has 2 aliphatic rings. The number of piperidine rings is 1. The van der Waals surface area contributed by atoms with E-state index in [1.165, 1.54) is 10.5 Å². The Morgan fingerprint density at radius 3 is 2.41 bits per heavy atom. The van der Waals surface area contributed by atoms with Gasteiger partial charge in [0.1, 0.15) is 11.3 Å². The molecular formula is C29H37N3O5. The van der Waals surface area contributed by atoms with Crippen LogP contribution in [0.15, 0.2) is 48.5 Å². The third-order valence-corrected chi connectivity index (χ3v) is 7.44. The van der Waals surface area contributed by atoms with E-state index in [4.69, 9.17) is 4.74 Å². The van der Waals surface area contributed by atoms with E-state index in [1.54, 1.807) is 7.11 Å². The second-order valence-corrected chi connectivity index (χ2v) is 10.6. The summed E-state index contributed by atoms with van der Waals surface area (Å²) < 4.78 is 5.28. The number of nitrogens with zero attached hydrogens (tertiary/aromatic N) is 2. The van der Waals surface area contributed by atoms with E-state index < -0.39 is 11.5 Å². The van der Waals surface area contributed by atoms with Crippen molar-refractivity contribution in [3.8, 4) is 5.75 Å². The highest BCUT2D eigenvalue weighted by Crippen LogP contribution is 2.35. The average molecular weight is 508 g/mol. The quantitative estimate of drug-likeness (QED) is 0.471. The summed E-state index contributed by atoms with van der Waals surface area (Å²) in [6, 6.07) is 15.6. The number of carbonyl (C=O) groups excluding carboxylic acids is 2.